The molecule has 0 radical (unpaired) electrons. The third-order valence-electron chi connectivity index (χ3n) is 3.44. The molecule has 0 spiro atoms. The van der Waals surface area contributed by atoms with Crippen LogP contribution in [0.2, 0.25) is 0 Å². The second-order valence-electron chi connectivity index (χ2n) is 5.37. The number of amides is 1. The summed E-state index contributed by atoms with van der Waals surface area (Å²) in [6.07, 6.45) is 4.30. The average Bonchev–Trinajstić information content (AvgIpc) is 2.97. The lowest BCUT2D eigenvalue weighted by atomic mass is 10.2. The van der Waals surface area contributed by atoms with Gasteiger partial charge in [0.2, 0.25) is 0 Å². The molecule has 106 valence electrons. The van der Waals surface area contributed by atoms with Gasteiger partial charge in [-0.2, -0.15) is 0 Å². The maximum Gasteiger partial charge on any atom is 0.270 e. The molecule has 1 aliphatic rings. The normalized spacial score (nSPS) is 19.1. The quantitative estimate of drug-likeness (QED) is 0.851. The monoisotopic (exact) mass is 328 g/mol. The van der Waals surface area contributed by atoms with Crippen LogP contribution in [-0.4, -0.2) is 41.7 Å². The highest BCUT2D eigenvalue weighted by molar-refractivity contribution is 9.10. The van der Waals surface area contributed by atoms with E-state index in [0.717, 1.165) is 29.6 Å². The number of carbonyl (C=O) groups excluding carboxylic acids is 1. The van der Waals surface area contributed by atoms with Gasteiger partial charge in [-0.3, -0.25) is 4.79 Å². The van der Waals surface area contributed by atoms with Crippen LogP contribution in [0.3, 0.4) is 0 Å². The van der Waals surface area contributed by atoms with Crippen LogP contribution in [0.1, 0.15) is 43.2 Å². The first kappa shape index (κ1) is 14.6. The Balaban J connectivity index is 2.09. The van der Waals surface area contributed by atoms with E-state index in [-0.39, 0.29) is 18.1 Å². The fraction of sp³-hybridized carbons (Fsp3) is 0.643. The fourth-order valence-corrected chi connectivity index (χ4v) is 2.85. The maximum absolute atomic E-state index is 12.5. The smallest absolute Gasteiger partial charge is 0.270 e. The minimum absolute atomic E-state index is 0.0508. The van der Waals surface area contributed by atoms with Gasteiger partial charge in [0.05, 0.1) is 6.10 Å². The van der Waals surface area contributed by atoms with E-state index in [1.54, 1.807) is 4.90 Å². The molecule has 1 aromatic rings. The number of ether oxygens (including phenoxy) is 1. The van der Waals surface area contributed by atoms with E-state index in [0.29, 0.717) is 6.54 Å². The molecule has 2 rings (SSSR count). The lowest BCUT2D eigenvalue weighted by Gasteiger charge is -2.22. The molecule has 1 atom stereocenters. The molecule has 0 saturated carbocycles. The van der Waals surface area contributed by atoms with Crippen molar-refractivity contribution in [3.8, 4) is 0 Å². The fourth-order valence-electron chi connectivity index (χ4n) is 2.42. The van der Waals surface area contributed by atoms with Crippen LogP contribution in [0.15, 0.2) is 16.7 Å². The Bertz CT molecular complexity index is 450. The first-order valence-electron chi connectivity index (χ1n) is 6.73. The highest BCUT2D eigenvalue weighted by atomic mass is 79.9. The van der Waals surface area contributed by atoms with Crippen LogP contribution in [0.5, 0.6) is 0 Å². The molecule has 4 nitrogen and oxygen atoms in total. The zero-order valence-electron chi connectivity index (χ0n) is 11.7. The van der Waals surface area contributed by atoms with Gasteiger partial charge in [0.1, 0.15) is 5.69 Å². The number of halogens is 1. The van der Waals surface area contributed by atoms with Crippen molar-refractivity contribution < 1.29 is 9.53 Å². The van der Waals surface area contributed by atoms with Crippen molar-refractivity contribution in [1.82, 2.24) is 9.47 Å². The molecule has 19 heavy (non-hydrogen) atoms. The van der Waals surface area contributed by atoms with Crippen molar-refractivity contribution in [2.75, 3.05) is 20.2 Å². The number of hydrogen-bond donors (Lipinski definition) is 0. The van der Waals surface area contributed by atoms with Crippen molar-refractivity contribution in [2.24, 2.45) is 0 Å². The number of nitrogens with zero attached hydrogens (tertiary/aromatic N) is 2. The molecular weight excluding hydrogens is 308 g/mol. The van der Waals surface area contributed by atoms with Crippen molar-refractivity contribution >= 4 is 21.8 Å². The van der Waals surface area contributed by atoms with Crippen molar-refractivity contribution in [3.63, 3.8) is 0 Å². The molecule has 1 fully saturated rings. The Hall–Kier alpha value is -0.810. The number of carbonyl (C=O) groups is 1. The van der Waals surface area contributed by atoms with E-state index < -0.39 is 0 Å². The van der Waals surface area contributed by atoms with Crippen molar-refractivity contribution in [1.29, 1.82) is 0 Å². The molecule has 2 heterocycles. The largest absolute Gasteiger partial charge is 0.376 e. The zero-order valence-corrected chi connectivity index (χ0v) is 13.3. The van der Waals surface area contributed by atoms with Gasteiger partial charge in [-0.15, -0.1) is 0 Å². The summed E-state index contributed by atoms with van der Waals surface area (Å²) in [4.78, 5) is 14.3. The van der Waals surface area contributed by atoms with Gasteiger partial charge >= 0.3 is 0 Å². The predicted molar refractivity (Wildman–Crippen MR) is 78.5 cm³/mol. The first-order valence-corrected chi connectivity index (χ1v) is 7.52. The number of likely N-dealkylation sites (N-methyl/N-ethyl adjacent to an activating group) is 1. The number of rotatable bonds is 4. The summed E-state index contributed by atoms with van der Waals surface area (Å²) >= 11 is 3.44. The molecule has 0 aliphatic carbocycles. The molecule has 0 aromatic carbocycles. The molecule has 0 N–H and O–H groups in total. The van der Waals surface area contributed by atoms with E-state index in [4.69, 9.17) is 4.74 Å². The van der Waals surface area contributed by atoms with E-state index in [2.05, 4.69) is 29.8 Å². The van der Waals surface area contributed by atoms with Crippen molar-refractivity contribution in [2.45, 2.75) is 38.8 Å². The SMILES string of the molecule is CC(C)n1cc(Br)cc1C(=O)N(C)CC1CCCO1. The Labute approximate surface area is 122 Å². The molecule has 5 heteroatoms. The summed E-state index contributed by atoms with van der Waals surface area (Å²) in [5.41, 5.74) is 0.724. The Morgan fingerprint density at radius 3 is 2.95 bits per heavy atom. The Kier molecular flexibility index (Phi) is 4.68. The summed E-state index contributed by atoms with van der Waals surface area (Å²) in [5.74, 6) is 0.0508. The van der Waals surface area contributed by atoms with Gasteiger partial charge in [0.25, 0.3) is 5.91 Å². The molecular formula is C14H21BrN2O2. The Morgan fingerprint density at radius 2 is 2.37 bits per heavy atom. The lowest BCUT2D eigenvalue weighted by molar-refractivity contribution is 0.0578. The van der Waals surface area contributed by atoms with Crippen LogP contribution in [-0.2, 0) is 4.74 Å². The third kappa shape index (κ3) is 3.39. The van der Waals surface area contributed by atoms with Gasteiger partial charge in [-0.1, -0.05) is 0 Å². The molecule has 1 unspecified atom stereocenters. The van der Waals surface area contributed by atoms with Gasteiger partial charge in [-0.25, -0.2) is 0 Å². The second kappa shape index (κ2) is 6.09. The van der Waals surface area contributed by atoms with Crippen molar-refractivity contribution in [3.05, 3.63) is 22.4 Å². The number of aromatic nitrogens is 1. The lowest BCUT2D eigenvalue weighted by Crippen LogP contribution is -2.35. The molecule has 1 aliphatic heterocycles. The average molecular weight is 329 g/mol. The van der Waals surface area contributed by atoms with Crippen LogP contribution in [0.25, 0.3) is 0 Å². The van der Waals surface area contributed by atoms with Gasteiger partial charge in [-0.05, 0) is 48.7 Å². The third-order valence-corrected chi connectivity index (χ3v) is 3.87. The van der Waals surface area contributed by atoms with Crippen LogP contribution >= 0.6 is 15.9 Å². The van der Waals surface area contributed by atoms with E-state index in [1.165, 1.54) is 0 Å². The summed E-state index contributed by atoms with van der Waals surface area (Å²) in [7, 11) is 1.84. The van der Waals surface area contributed by atoms with Crippen LogP contribution in [0, 0.1) is 0 Å². The highest BCUT2D eigenvalue weighted by Gasteiger charge is 2.23. The summed E-state index contributed by atoms with van der Waals surface area (Å²) < 4.78 is 8.52. The minimum Gasteiger partial charge on any atom is -0.376 e. The maximum atomic E-state index is 12.5. The summed E-state index contributed by atoms with van der Waals surface area (Å²) in [5, 5.41) is 0. The van der Waals surface area contributed by atoms with E-state index in [9.17, 15) is 4.79 Å². The standard InChI is InChI=1S/C14H21BrN2O2/c1-10(2)17-8-11(15)7-13(17)14(18)16(3)9-12-5-4-6-19-12/h7-8,10,12H,4-6,9H2,1-3H3. The molecule has 1 aromatic heterocycles. The molecule has 0 bridgehead atoms. The minimum atomic E-state index is 0.0508. The van der Waals surface area contributed by atoms with Gasteiger partial charge in [0, 0.05) is 36.9 Å². The topological polar surface area (TPSA) is 34.5 Å². The van der Waals surface area contributed by atoms with E-state index >= 15 is 0 Å². The predicted octanol–water partition coefficient (Wildman–Crippen LogP) is 3.08. The van der Waals surface area contributed by atoms with E-state index in [1.807, 2.05) is 23.9 Å². The second-order valence-corrected chi connectivity index (χ2v) is 6.28. The van der Waals surface area contributed by atoms with Crippen LogP contribution < -0.4 is 0 Å². The number of hydrogen-bond acceptors (Lipinski definition) is 2. The Morgan fingerprint density at radius 1 is 1.63 bits per heavy atom. The van der Waals surface area contributed by atoms with Gasteiger partial charge in [0.15, 0.2) is 0 Å². The summed E-state index contributed by atoms with van der Waals surface area (Å²) in [6, 6.07) is 2.15. The zero-order chi connectivity index (χ0) is 14.0. The first-order chi connectivity index (χ1) is 8.99. The van der Waals surface area contributed by atoms with Crippen LogP contribution in [0.4, 0.5) is 0 Å². The summed E-state index contributed by atoms with van der Waals surface area (Å²) in [6.45, 7) is 5.63. The molecule has 1 amide bonds. The van der Waals surface area contributed by atoms with Gasteiger partial charge < -0.3 is 14.2 Å². The molecule has 1 saturated heterocycles. The highest BCUT2D eigenvalue weighted by Crippen LogP contribution is 2.21.